The van der Waals surface area contributed by atoms with Gasteiger partial charge in [-0.1, -0.05) is 30.3 Å². The molecule has 0 bridgehead atoms. The molecule has 0 aromatic carbocycles. The minimum atomic E-state index is -5.81. The summed E-state index contributed by atoms with van der Waals surface area (Å²) in [4.78, 5) is 62.9. The fourth-order valence-corrected chi connectivity index (χ4v) is 8.77. The summed E-state index contributed by atoms with van der Waals surface area (Å²) >= 11 is 11.4. The Bertz CT molecular complexity index is 431. The minimum absolute atomic E-state index is 0. The van der Waals surface area contributed by atoms with Crippen LogP contribution in [-0.2, 0) is 52.9 Å². The molecule has 0 radical (unpaired) electrons. The van der Waals surface area contributed by atoms with Gasteiger partial charge in [-0.25, -0.2) is 0 Å². The molecule has 0 aliphatic carbocycles. The molecule has 0 saturated heterocycles. The summed E-state index contributed by atoms with van der Waals surface area (Å²) < 4.78 is 20.5. The van der Waals surface area contributed by atoms with Crippen molar-refractivity contribution in [2.45, 2.75) is 0 Å². The molecule has 0 rings (SSSR count). The first-order valence-corrected chi connectivity index (χ1v) is 12.0. The number of hydrogen-bond acceptors (Lipinski definition) is 13. The van der Waals surface area contributed by atoms with Gasteiger partial charge in [-0.2, -0.15) is 0 Å². The molecule has 0 aromatic heterocycles. The maximum absolute atomic E-state index is 11.0. The Morgan fingerprint density at radius 2 is 0.826 bits per heavy atom. The summed E-state index contributed by atoms with van der Waals surface area (Å²) in [6, 6.07) is 0. The molecule has 0 fully saturated rings. The monoisotopic (exact) mass is 518 g/mol. The second-order valence-electron chi connectivity index (χ2n) is 2.03. The van der Waals surface area contributed by atoms with Gasteiger partial charge in [-0.3, -0.25) is 4.31 Å². The molecule has 23 heavy (non-hydrogen) atoms. The molecule has 2 atom stereocenters. The Balaban J connectivity index is -0.0000000853. The van der Waals surface area contributed by atoms with Crippen molar-refractivity contribution in [3.63, 3.8) is 0 Å². The van der Waals surface area contributed by atoms with Crippen molar-refractivity contribution in [1.29, 1.82) is 0 Å². The van der Waals surface area contributed by atoms with Gasteiger partial charge in [0.1, 0.15) is 13.4 Å². The van der Waals surface area contributed by atoms with Crippen LogP contribution in [0.25, 0.3) is 0 Å². The summed E-state index contributed by atoms with van der Waals surface area (Å²) in [5, 5.41) is 0. The van der Waals surface area contributed by atoms with Crippen molar-refractivity contribution in [2.75, 3.05) is 0 Å². The summed E-state index contributed by atoms with van der Waals surface area (Å²) in [6.45, 7) is -15.2. The average Bonchev–Trinajstić information content (AvgIpc) is 1.65. The van der Waals surface area contributed by atoms with Gasteiger partial charge in [0.15, 0.2) is 0 Å². The molecule has 10 nitrogen and oxygen atoms in total. The van der Waals surface area contributed by atoms with E-state index < -0.39 is 28.0 Å². The molecule has 2 unspecified atom stereocenters. The van der Waals surface area contributed by atoms with E-state index >= 15 is 0 Å². The molecule has 0 aliphatic heterocycles. The van der Waals surface area contributed by atoms with E-state index in [-0.39, 0.29) is 177 Å². The number of phosphoric acid groups is 1. The van der Waals surface area contributed by atoms with Crippen LogP contribution in [0.4, 0.5) is 0 Å². The largest absolute Gasteiger partial charge is 1.00 e. The Hall–Kier alpha value is 7.82. The van der Waals surface area contributed by atoms with Gasteiger partial charge in [0.05, 0.1) is 7.82 Å². The second kappa shape index (κ2) is 20.4. The zero-order valence-corrected chi connectivity index (χ0v) is 31.1. The van der Waals surface area contributed by atoms with Crippen molar-refractivity contribution in [1.82, 2.24) is 0 Å². The van der Waals surface area contributed by atoms with Gasteiger partial charge in [-0.15, -0.1) is 11.8 Å². The minimum Gasteiger partial charge on any atom is -0.812 e. The Labute approximate surface area is 281 Å². The van der Waals surface area contributed by atoms with Crippen LogP contribution in [0.2, 0.25) is 0 Å². The van der Waals surface area contributed by atoms with Crippen LogP contribution in [-0.4, -0.2) is 0 Å². The van der Waals surface area contributed by atoms with Crippen LogP contribution < -0.4 is 207 Å². The molecule has 23 heteroatoms. The summed E-state index contributed by atoms with van der Waals surface area (Å²) in [7, 11) is -5.81. The van der Waals surface area contributed by atoms with E-state index in [4.69, 9.17) is 0 Å². The van der Waals surface area contributed by atoms with Gasteiger partial charge in [0, 0.05) is 0 Å². The molecule has 0 N–H and O–H groups in total. The first-order chi connectivity index (χ1) is 7.12. The van der Waals surface area contributed by atoms with Crippen LogP contribution in [0, 0.1) is 0 Å². The van der Waals surface area contributed by atoms with Crippen LogP contribution in [0.15, 0.2) is 0 Å². The Morgan fingerprint density at radius 1 is 0.565 bits per heavy atom. The third-order valence-corrected chi connectivity index (χ3v) is 8.40. The molecule has 104 valence electrons. The predicted octanol–water partition coefficient (Wildman–Crippen LogP) is -22.0. The molecule has 0 amide bonds. The van der Waals surface area contributed by atoms with Gasteiger partial charge in [0.2, 0.25) is 0 Å². The molecule has 0 heterocycles. The van der Waals surface area contributed by atoms with Crippen molar-refractivity contribution in [2.24, 2.45) is 0 Å². The van der Waals surface area contributed by atoms with E-state index in [0.717, 1.165) is 0 Å². The van der Waals surface area contributed by atoms with E-state index in [0.29, 0.717) is 0 Å². The fraction of sp³-hybridized carbons (Fsp3) is 0. The molecule has 0 saturated carbocycles. The standard InChI is InChI=1S/6Na.H6O10P4S3/c;;;;;;1-11(2,3)8-13(6,16)10-14(7,17)9-12(4,5)15/h;;;;;;(H,6,16)(H,7,17)(H2,1,2,3)(H2,4,5,15)/q6*+1;/p-6. The van der Waals surface area contributed by atoms with E-state index in [1.54, 1.807) is 0 Å². The van der Waals surface area contributed by atoms with Crippen molar-refractivity contribution in [3.05, 3.63) is 0 Å². The third-order valence-electron chi connectivity index (χ3n) is 0.600. The van der Waals surface area contributed by atoms with Crippen molar-refractivity contribution < 1.29 is 224 Å². The Morgan fingerprint density at radius 3 is 1.04 bits per heavy atom. The molecular weight excluding hydrogens is 518 g/mol. The predicted molar refractivity (Wildman–Crippen MR) is 53.7 cm³/mol. The van der Waals surface area contributed by atoms with Gasteiger partial charge >= 0.3 is 177 Å². The number of hydrogen-bond donors (Lipinski definition) is 0. The van der Waals surface area contributed by atoms with E-state index in [1.807, 2.05) is 0 Å². The topological polar surface area (TPSA) is 183 Å². The van der Waals surface area contributed by atoms with E-state index in [2.05, 4.69) is 48.4 Å². The number of rotatable bonds is 6. The van der Waals surface area contributed by atoms with Gasteiger partial charge < -0.3 is 42.5 Å². The van der Waals surface area contributed by atoms with Gasteiger partial charge in [-0.05, 0) is 0 Å². The normalized spacial score (nSPS) is 15.2. The molecule has 0 spiro atoms. The average molecular weight is 518 g/mol. The zero-order valence-electron chi connectivity index (χ0n) is 13.1. The third kappa shape index (κ3) is 34.6. The summed E-state index contributed by atoms with van der Waals surface area (Å²) in [6.07, 6.45) is 0. The maximum atomic E-state index is 11.0. The molecular formula is Na6O10P4S3. The van der Waals surface area contributed by atoms with E-state index in [1.165, 1.54) is 0 Å². The fourth-order valence-electron chi connectivity index (χ4n) is 0.397. The van der Waals surface area contributed by atoms with Crippen molar-refractivity contribution >= 4 is 63.4 Å². The maximum Gasteiger partial charge on any atom is 1.00 e. The smallest absolute Gasteiger partial charge is 0.812 e. The second-order valence-corrected chi connectivity index (χ2v) is 11.6. The first kappa shape index (κ1) is 48.3. The zero-order chi connectivity index (χ0) is 14.1. The summed E-state index contributed by atoms with van der Waals surface area (Å²) in [5.41, 5.74) is 0. The van der Waals surface area contributed by atoms with Crippen LogP contribution in [0.1, 0.15) is 0 Å². The quantitative estimate of drug-likeness (QED) is 0.239. The summed E-state index contributed by atoms with van der Waals surface area (Å²) in [5.74, 6) is 0. The van der Waals surface area contributed by atoms with E-state index in [9.17, 15) is 33.9 Å². The van der Waals surface area contributed by atoms with Crippen LogP contribution in [0.5, 0.6) is 0 Å². The molecule has 0 aromatic rings. The van der Waals surface area contributed by atoms with Crippen LogP contribution >= 0.6 is 28.0 Å². The first-order valence-electron chi connectivity index (χ1n) is 2.92. The van der Waals surface area contributed by atoms with Crippen LogP contribution in [0.3, 0.4) is 0 Å². The van der Waals surface area contributed by atoms with Crippen molar-refractivity contribution in [3.8, 4) is 0 Å². The Kier molecular flexibility index (Phi) is 42.9. The SMILES string of the molecule is O=P([O-])([O-])OP([O-])(=S)OP([O-])(=S)OP([O-])([O-])=S.[Na+].[Na+].[Na+].[Na+].[Na+].[Na+]. The molecule has 0 aliphatic rings. The van der Waals surface area contributed by atoms with Gasteiger partial charge in [0.25, 0.3) is 0 Å².